The predicted molar refractivity (Wildman–Crippen MR) is 61.3 cm³/mol. The average Bonchev–Trinajstić information content (AvgIpc) is 2.19. The summed E-state index contributed by atoms with van der Waals surface area (Å²) in [6.45, 7) is 0.813. The van der Waals surface area contributed by atoms with Gasteiger partial charge in [0.2, 0.25) is 0 Å². The van der Waals surface area contributed by atoms with Crippen LogP contribution in [0.3, 0.4) is 0 Å². The average molecular weight is 227 g/mol. The van der Waals surface area contributed by atoms with Crippen molar-refractivity contribution in [3.05, 3.63) is 23.5 Å². The van der Waals surface area contributed by atoms with Crippen molar-refractivity contribution in [2.45, 2.75) is 24.9 Å². The van der Waals surface area contributed by atoms with Gasteiger partial charge < -0.3 is 10.1 Å². The van der Waals surface area contributed by atoms with Gasteiger partial charge in [-0.1, -0.05) is 11.6 Å². The molecule has 1 aliphatic rings. The molecule has 2 rings (SSSR count). The Morgan fingerprint density at radius 3 is 2.93 bits per heavy atom. The van der Waals surface area contributed by atoms with Crippen LogP contribution < -0.4 is 5.32 Å². The highest BCUT2D eigenvalue weighted by Gasteiger charge is 2.36. The number of halogens is 1. The SMILES string of the molecule is COC1(CNc2ccncc2Cl)CCC1. The molecule has 1 saturated carbocycles. The maximum atomic E-state index is 5.99. The van der Waals surface area contributed by atoms with Crippen LogP contribution in [0.4, 0.5) is 5.69 Å². The van der Waals surface area contributed by atoms with Crippen LogP contribution in [-0.4, -0.2) is 24.2 Å². The van der Waals surface area contributed by atoms with Gasteiger partial charge in [0.25, 0.3) is 0 Å². The van der Waals surface area contributed by atoms with E-state index in [-0.39, 0.29) is 5.60 Å². The molecule has 82 valence electrons. The number of anilines is 1. The normalized spacial score (nSPS) is 18.3. The van der Waals surface area contributed by atoms with Gasteiger partial charge in [0.1, 0.15) is 0 Å². The second kappa shape index (κ2) is 4.37. The Balaban J connectivity index is 1.95. The summed E-state index contributed by atoms with van der Waals surface area (Å²) in [7, 11) is 1.77. The van der Waals surface area contributed by atoms with Gasteiger partial charge in [0.15, 0.2) is 0 Å². The lowest BCUT2D eigenvalue weighted by Crippen LogP contribution is -2.45. The van der Waals surface area contributed by atoms with Crippen LogP contribution in [0.2, 0.25) is 5.02 Å². The molecule has 0 unspecified atom stereocenters. The van der Waals surface area contributed by atoms with E-state index in [0.717, 1.165) is 25.1 Å². The number of nitrogens with one attached hydrogen (secondary N) is 1. The highest BCUT2D eigenvalue weighted by molar-refractivity contribution is 6.33. The van der Waals surface area contributed by atoms with Crippen LogP contribution in [-0.2, 0) is 4.74 Å². The summed E-state index contributed by atoms with van der Waals surface area (Å²) in [6.07, 6.45) is 6.87. The van der Waals surface area contributed by atoms with Gasteiger partial charge >= 0.3 is 0 Å². The predicted octanol–water partition coefficient (Wildman–Crippen LogP) is 2.72. The van der Waals surface area contributed by atoms with E-state index in [4.69, 9.17) is 16.3 Å². The number of nitrogens with zero attached hydrogens (tertiary/aromatic N) is 1. The number of methoxy groups -OCH3 is 1. The van der Waals surface area contributed by atoms with Gasteiger partial charge in [-0.15, -0.1) is 0 Å². The summed E-state index contributed by atoms with van der Waals surface area (Å²) < 4.78 is 5.51. The highest BCUT2D eigenvalue weighted by atomic mass is 35.5. The van der Waals surface area contributed by atoms with Crippen molar-refractivity contribution in [1.29, 1.82) is 0 Å². The first-order valence-corrected chi connectivity index (χ1v) is 5.52. The minimum absolute atomic E-state index is 0.0204. The molecule has 15 heavy (non-hydrogen) atoms. The lowest BCUT2D eigenvalue weighted by molar-refractivity contribution is -0.0601. The number of pyridine rings is 1. The molecule has 0 aliphatic heterocycles. The Morgan fingerprint density at radius 2 is 2.40 bits per heavy atom. The van der Waals surface area contributed by atoms with E-state index < -0.39 is 0 Å². The van der Waals surface area contributed by atoms with E-state index in [1.54, 1.807) is 19.5 Å². The number of hydrogen-bond donors (Lipinski definition) is 1. The molecule has 0 amide bonds. The van der Waals surface area contributed by atoms with Crippen LogP contribution in [0.1, 0.15) is 19.3 Å². The van der Waals surface area contributed by atoms with E-state index in [0.29, 0.717) is 5.02 Å². The summed E-state index contributed by atoms with van der Waals surface area (Å²) in [5.74, 6) is 0. The monoisotopic (exact) mass is 226 g/mol. The molecule has 1 aromatic rings. The molecule has 0 radical (unpaired) electrons. The topological polar surface area (TPSA) is 34.1 Å². The number of rotatable bonds is 4. The maximum absolute atomic E-state index is 5.99. The van der Waals surface area contributed by atoms with Gasteiger partial charge in [-0.3, -0.25) is 4.98 Å². The summed E-state index contributed by atoms with van der Waals surface area (Å²) in [4.78, 5) is 3.94. The Hall–Kier alpha value is -0.800. The zero-order chi connectivity index (χ0) is 10.7. The van der Waals surface area contributed by atoms with Crippen LogP contribution in [0.5, 0.6) is 0 Å². The summed E-state index contributed by atoms with van der Waals surface area (Å²) in [6, 6.07) is 1.88. The smallest absolute Gasteiger partial charge is 0.0850 e. The number of hydrogen-bond acceptors (Lipinski definition) is 3. The van der Waals surface area contributed by atoms with Crippen LogP contribution >= 0.6 is 11.6 Å². The Labute approximate surface area is 94.8 Å². The second-order valence-corrected chi connectivity index (χ2v) is 4.36. The molecule has 0 bridgehead atoms. The van der Waals surface area contributed by atoms with Crippen LogP contribution in [0.25, 0.3) is 0 Å². The molecule has 0 aromatic carbocycles. The third-order valence-electron chi connectivity index (χ3n) is 3.07. The zero-order valence-corrected chi connectivity index (χ0v) is 9.55. The van der Waals surface area contributed by atoms with E-state index >= 15 is 0 Å². The fourth-order valence-electron chi connectivity index (χ4n) is 1.80. The molecular formula is C11H15ClN2O. The Kier molecular flexibility index (Phi) is 3.12. The quantitative estimate of drug-likeness (QED) is 0.857. The summed E-state index contributed by atoms with van der Waals surface area (Å²) >= 11 is 5.99. The van der Waals surface area contributed by atoms with E-state index in [1.807, 2.05) is 6.07 Å². The standard InChI is InChI=1S/C11H15ClN2O/c1-15-11(4-2-5-11)8-14-10-3-6-13-7-9(10)12/h3,6-7H,2,4-5,8H2,1H3,(H,13,14). The third kappa shape index (κ3) is 2.24. The molecule has 0 atom stereocenters. The molecule has 0 spiro atoms. The van der Waals surface area contributed by atoms with Gasteiger partial charge in [0.05, 0.1) is 16.3 Å². The van der Waals surface area contributed by atoms with E-state index in [1.165, 1.54) is 6.42 Å². The first-order valence-electron chi connectivity index (χ1n) is 5.14. The lowest BCUT2D eigenvalue weighted by atomic mass is 9.80. The summed E-state index contributed by atoms with van der Waals surface area (Å²) in [5.41, 5.74) is 0.946. The third-order valence-corrected chi connectivity index (χ3v) is 3.37. The number of ether oxygens (including phenoxy) is 1. The molecule has 0 saturated heterocycles. The van der Waals surface area contributed by atoms with Gasteiger partial charge in [-0.05, 0) is 25.3 Å². The molecule has 4 heteroatoms. The molecule has 1 fully saturated rings. The first kappa shape index (κ1) is 10.7. The van der Waals surface area contributed by atoms with Crippen molar-refractivity contribution in [1.82, 2.24) is 4.98 Å². The van der Waals surface area contributed by atoms with Crippen molar-refractivity contribution >= 4 is 17.3 Å². The Morgan fingerprint density at radius 1 is 1.60 bits per heavy atom. The first-order chi connectivity index (χ1) is 7.26. The molecule has 1 aliphatic carbocycles. The minimum Gasteiger partial charge on any atom is -0.381 e. The zero-order valence-electron chi connectivity index (χ0n) is 8.79. The van der Waals surface area contributed by atoms with Crippen LogP contribution in [0.15, 0.2) is 18.5 Å². The van der Waals surface area contributed by atoms with Crippen molar-refractivity contribution in [2.24, 2.45) is 0 Å². The largest absolute Gasteiger partial charge is 0.381 e. The molecular weight excluding hydrogens is 212 g/mol. The van der Waals surface area contributed by atoms with Crippen molar-refractivity contribution in [2.75, 3.05) is 19.0 Å². The fourth-order valence-corrected chi connectivity index (χ4v) is 1.99. The Bertz CT molecular complexity index is 334. The molecule has 1 aromatic heterocycles. The minimum atomic E-state index is 0.0204. The maximum Gasteiger partial charge on any atom is 0.0850 e. The lowest BCUT2D eigenvalue weighted by Gasteiger charge is -2.40. The van der Waals surface area contributed by atoms with Crippen molar-refractivity contribution in [3.8, 4) is 0 Å². The van der Waals surface area contributed by atoms with Gasteiger partial charge in [-0.25, -0.2) is 0 Å². The second-order valence-electron chi connectivity index (χ2n) is 3.95. The molecule has 3 nitrogen and oxygen atoms in total. The van der Waals surface area contributed by atoms with E-state index in [9.17, 15) is 0 Å². The molecule has 1 heterocycles. The summed E-state index contributed by atoms with van der Waals surface area (Å²) in [5, 5.41) is 3.97. The van der Waals surface area contributed by atoms with Crippen molar-refractivity contribution < 1.29 is 4.74 Å². The van der Waals surface area contributed by atoms with Crippen molar-refractivity contribution in [3.63, 3.8) is 0 Å². The van der Waals surface area contributed by atoms with Gasteiger partial charge in [0, 0.05) is 26.0 Å². The van der Waals surface area contributed by atoms with E-state index in [2.05, 4.69) is 10.3 Å². The van der Waals surface area contributed by atoms with Gasteiger partial charge in [-0.2, -0.15) is 0 Å². The van der Waals surface area contributed by atoms with Crippen LogP contribution in [0, 0.1) is 0 Å². The number of aromatic nitrogens is 1. The fraction of sp³-hybridized carbons (Fsp3) is 0.545. The highest BCUT2D eigenvalue weighted by Crippen LogP contribution is 2.35. The molecule has 1 N–H and O–H groups in total.